The molecule has 1 fully saturated rings. The normalized spacial score (nSPS) is 25.0. The molecule has 5 heteroatoms. The molecule has 3 atom stereocenters. The molecule has 0 saturated carbocycles. The molecule has 0 radical (unpaired) electrons. The molecule has 144 valence electrons. The van der Waals surface area contributed by atoms with Gasteiger partial charge in [-0.3, -0.25) is 9.69 Å². The highest BCUT2D eigenvalue weighted by molar-refractivity contribution is 5.96. The van der Waals surface area contributed by atoms with Crippen LogP contribution >= 0.6 is 12.4 Å². The van der Waals surface area contributed by atoms with Gasteiger partial charge in [0.1, 0.15) is 0 Å². The van der Waals surface area contributed by atoms with Crippen molar-refractivity contribution in [3.8, 4) is 0 Å². The van der Waals surface area contributed by atoms with Gasteiger partial charge in [0.15, 0.2) is 0 Å². The third-order valence-corrected chi connectivity index (χ3v) is 5.82. The van der Waals surface area contributed by atoms with Crippen LogP contribution in [-0.2, 0) is 11.2 Å². The number of carbonyl (C=O) groups excluding carboxylic acids is 1. The molecule has 2 N–H and O–H groups in total. The van der Waals surface area contributed by atoms with E-state index in [-0.39, 0.29) is 30.4 Å². The first-order valence-electron chi connectivity index (χ1n) is 9.56. The zero-order valence-corrected chi connectivity index (χ0v) is 16.6. The van der Waals surface area contributed by atoms with Crippen molar-refractivity contribution in [3.63, 3.8) is 0 Å². The van der Waals surface area contributed by atoms with E-state index in [2.05, 4.69) is 54.3 Å². The average molecular weight is 386 g/mol. The number of rotatable bonds is 3. The SMILES string of the molecule is CC1CCc2ccccc2N1C(=O)CN1C[C@@H](N)[C@H](c2ccccc2)C1.Cl. The maximum Gasteiger partial charge on any atom is 0.241 e. The van der Waals surface area contributed by atoms with Crippen molar-refractivity contribution in [3.05, 3.63) is 65.7 Å². The first kappa shape index (κ1) is 19.9. The number of carbonyl (C=O) groups is 1. The van der Waals surface area contributed by atoms with E-state index in [4.69, 9.17) is 5.73 Å². The fourth-order valence-electron chi connectivity index (χ4n) is 4.43. The van der Waals surface area contributed by atoms with Gasteiger partial charge < -0.3 is 10.6 Å². The van der Waals surface area contributed by atoms with Crippen molar-refractivity contribution in [1.82, 2.24) is 4.90 Å². The molecule has 1 saturated heterocycles. The number of fused-ring (bicyclic) bond motifs is 1. The molecule has 2 aromatic rings. The lowest BCUT2D eigenvalue weighted by atomic mass is 9.95. The summed E-state index contributed by atoms with van der Waals surface area (Å²) in [5.74, 6) is 0.487. The van der Waals surface area contributed by atoms with Gasteiger partial charge in [-0.1, -0.05) is 48.5 Å². The Morgan fingerprint density at radius 3 is 2.56 bits per heavy atom. The van der Waals surface area contributed by atoms with E-state index in [1.54, 1.807) is 0 Å². The second-order valence-corrected chi connectivity index (χ2v) is 7.66. The Bertz CT molecular complexity index is 782. The van der Waals surface area contributed by atoms with E-state index in [0.29, 0.717) is 12.5 Å². The number of hydrogen-bond acceptors (Lipinski definition) is 3. The minimum Gasteiger partial charge on any atom is -0.326 e. The van der Waals surface area contributed by atoms with Gasteiger partial charge in [-0.25, -0.2) is 0 Å². The number of halogens is 1. The van der Waals surface area contributed by atoms with Crippen LogP contribution in [0, 0.1) is 0 Å². The predicted molar refractivity (Wildman–Crippen MR) is 113 cm³/mol. The largest absolute Gasteiger partial charge is 0.326 e. The highest BCUT2D eigenvalue weighted by atomic mass is 35.5. The summed E-state index contributed by atoms with van der Waals surface area (Å²) in [6, 6.07) is 19.0. The van der Waals surface area contributed by atoms with Crippen LogP contribution in [-0.4, -0.2) is 42.5 Å². The van der Waals surface area contributed by atoms with Crippen LogP contribution in [0.25, 0.3) is 0 Å². The molecule has 2 aliphatic rings. The van der Waals surface area contributed by atoms with Gasteiger partial charge in [0.05, 0.1) is 6.54 Å². The van der Waals surface area contributed by atoms with Gasteiger partial charge in [-0.15, -0.1) is 12.4 Å². The van der Waals surface area contributed by atoms with Gasteiger partial charge >= 0.3 is 0 Å². The summed E-state index contributed by atoms with van der Waals surface area (Å²) >= 11 is 0. The number of nitrogens with two attached hydrogens (primary N) is 1. The Kier molecular flexibility index (Phi) is 6.20. The van der Waals surface area contributed by atoms with Crippen LogP contribution in [0.15, 0.2) is 54.6 Å². The minimum absolute atomic E-state index is 0. The Balaban J connectivity index is 0.00000210. The van der Waals surface area contributed by atoms with Gasteiger partial charge in [0, 0.05) is 36.8 Å². The summed E-state index contributed by atoms with van der Waals surface area (Å²) in [6.45, 7) is 4.21. The zero-order valence-electron chi connectivity index (χ0n) is 15.8. The Hall–Kier alpha value is -1.88. The lowest BCUT2D eigenvalue weighted by Gasteiger charge is -2.36. The summed E-state index contributed by atoms with van der Waals surface area (Å²) in [6.07, 6.45) is 2.07. The quantitative estimate of drug-likeness (QED) is 0.882. The predicted octanol–water partition coefficient (Wildman–Crippen LogP) is 3.20. The molecule has 0 spiro atoms. The first-order chi connectivity index (χ1) is 12.6. The van der Waals surface area contributed by atoms with Crippen LogP contribution in [0.4, 0.5) is 5.69 Å². The van der Waals surface area contributed by atoms with Gasteiger partial charge in [-0.2, -0.15) is 0 Å². The van der Waals surface area contributed by atoms with E-state index < -0.39 is 0 Å². The molecule has 2 aromatic carbocycles. The molecule has 2 heterocycles. The molecule has 27 heavy (non-hydrogen) atoms. The van der Waals surface area contributed by atoms with E-state index in [0.717, 1.165) is 31.6 Å². The van der Waals surface area contributed by atoms with E-state index in [1.165, 1.54) is 11.1 Å². The minimum atomic E-state index is 0. The molecule has 4 nitrogen and oxygen atoms in total. The van der Waals surface area contributed by atoms with Crippen molar-refractivity contribution in [1.29, 1.82) is 0 Å². The standard InChI is InChI=1S/C22H27N3O.ClH/c1-16-11-12-18-9-5-6-10-21(18)25(16)22(26)15-24-13-19(20(23)14-24)17-7-3-2-4-8-17;/h2-10,16,19-20H,11-15,23H2,1H3;1H/t16?,19-,20+;/m0./s1. The van der Waals surface area contributed by atoms with E-state index >= 15 is 0 Å². The molecule has 0 bridgehead atoms. The van der Waals surface area contributed by atoms with Crippen LogP contribution < -0.4 is 10.6 Å². The summed E-state index contributed by atoms with van der Waals surface area (Å²) in [7, 11) is 0. The number of anilines is 1. The summed E-state index contributed by atoms with van der Waals surface area (Å²) in [5, 5.41) is 0. The van der Waals surface area contributed by atoms with Crippen LogP contribution in [0.3, 0.4) is 0 Å². The Morgan fingerprint density at radius 1 is 1.07 bits per heavy atom. The number of aryl methyl sites for hydroxylation is 1. The number of benzene rings is 2. The smallest absolute Gasteiger partial charge is 0.241 e. The average Bonchev–Trinajstić information content (AvgIpc) is 3.02. The fraction of sp³-hybridized carbons (Fsp3) is 0.409. The number of para-hydroxylation sites is 1. The highest BCUT2D eigenvalue weighted by Gasteiger charge is 2.34. The number of nitrogens with zero attached hydrogens (tertiary/aromatic N) is 2. The second-order valence-electron chi connectivity index (χ2n) is 7.66. The van der Waals surface area contributed by atoms with Crippen LogP contribution in [0.2, 0.25) is 0 Å². The van der Waals surface area contributed by atoms with E-state index in [9.17, 15) is 4.79 Å². The topological polar surface area (TPSA) is 49.6 Å². The van der Waals surface area contributed by atoms with Crippen molar-refractivity contribution >= 4 is 24.0 Å². The molecular formula is C22H28ClN3O. The summed E-state index contributed by atoms with van der Waals surface area (Å²) in [5.41, 5.74) is 10.0. The van der Waals surface area contributed by atoms with Crippen LogP contribution in [0.1, 0.15) is 30.4 Å². The summed E-state index contributed by atoms with van der Waals surface area (Å²) in [4.78, 5) is 17.3. The summed E-state index contributed by atoms with van der Waals surface area (Å²) < 4.78 is 0. The van der Waals surface area contributed by atoms with Crippen molar-refractivity contribution in [2.24, 2.45) is 5.73 Å². The maximum atomic E-state index is 13.1. The molecule has 1 unspecified atom stereocenters. The fourth-order valence-corrected chi connectivity index (χ4v) is 4.43. The van der Waals surface area contributed by atoms with Gasteiger partial charge in [0.2, 0.25) is 5.91 Å². The third kappa shape index (κ3) is 4.03. The second kappa shape index (κ2) is 8.42. The Morgan fingerprint density at radius 2 is 1.78 bits per heavy atom. The monoisotopic (exact) mass is 385 g/mol. The molecule has 4 rings (SSSR count). The van der Waals surface area contributed by atoms with Gasteiger partial charge in [-0.05, 0) is 37.0 Å². The third-order valence-electron chi connectivity index (χ3n) is 5.82. The highest BCUT2D eigenvalue weighted by Crippen LogP contribution is 2.31. The van der Waals surface area contributed by atoms with E-state index in [1.807, 2.05) is 17.0 Å². The molecule has 0 aliphatic carbocycles. The zero-order chi connectivity index (χ0) is 18.1. The molecule has 2 aliphatic heterocycles. The Labute approximate surface area is 167 Å². The first-order valence-corrected chi connectivity index (χ1v) is 9.56. The lowest BCUT2D eigenvalue weighted by molar-refractivity contribution is -0.120. The lowest BCUT2D eigenvalue weighted by Crippen LogP contribution is -2.47. The number of likely N-dealkylation sites (tertiary alicyclic amines) is 1. The maximum absolute atomic E-state index is 13.1. The van der Waals surface area contributed by atoms with Crippen molar-refractivity contribution in [2.75, 3.05) is 24.5 Å². The van der Waals surface area contributed by atoms with Crippen molar-refractivity contribution in [2.45, 2.75) is 37.8 Å². The molecule has 1 amide bonds. The van der Waals surface area contributed by atoms with Crippen molar-refractivity contribution < 1.29 is 4.79 Å². The number of hydrogen-bond donors (Lipinski definition) is 1. The molecular weight excluding hydrogens is 358 g/mol. The van der Waals surface area contributed by atoms with Crippen LogP contribution in [0.5, 0.6) is 0 Å². The van der Waals surface area contributed by atoms with Gasteiger partial charge in [0.25, 0.3) is 0 Å². The number of amides is 1. The molecule has 0 aromatic heterocycles.